The fraction of sp³-hybridized carbons (Fsp3) is 0.267. The number of hydrogen-bond donors (Lipinski definition) is 2. The maximum Gasteiger partial charge on any atom is 0.161 e. The lowest BCUT2D eigenvalue weighted by atomic mass is 10.1. The van der Waals surface area contributed by atoms with Crippen molar-refractivity contribution in [2.45, 2.75) is 20.0 Å². The predicted molar refractivity (Wildman–Crippen MR) is 78.8 cm³/mol. The number of ether oxygens (including phenoxy) is 2. The summed E-state index contributed by atoms with van der Waals surface area (Å²) in [4.78, 5) is 4.13. The first-order valence-corrected chi connectivity index (χ1v) is 6.48. The largest absolute Gasteiger partial charge is 0.493 e. The van der Waals surface area contributed by atoms with E-state index in [2.05, 4.69) is 17.3 Å². The lowest BCUT2D eigenvalue weighted by molar-refractivity contribution is 0.284. The van der Waals surface area contributed by atoms with Crippen molar-refractivity contribution in [3.63, 3.8) is 0 Å². The molecule has 0 aliphatic carbocycles. The average Bonchev–Trinajstić information content (AvgIpc) is 2.52. The monoisotopic (exact) mass is 273 g/mol. The molecule has 0 radical (unpaired) electrons. The number of aromatic nitrogens is 1. The molecule has 0 atom stereocenters. The molecule has 20 heavy (non-hydrogen) atoms. The standard InChI is InChI=1S/C15H19N3O2/c1-3-11-6-7-13(14(9-11)19-2)20-10-12-5-4-8-17-15(12)18-16/h4-9H,3,10,16H2,1-2H3,(H,17,18). The van der Waals surface area contributed by atoms with Gasteiger partial charge >= 0.3 is 0 Å². The van der Waals surface area contributed by atoms with E-state index in [4.69, 9.17) is 15.3 Å². The Morgan fingerprint density at radius 1 is 1.25 bits per heavy atom. The molecule has 1 aromatic heterocycles. The molecule has 0 fully saturated rings. The van der Waals surface area contributed by atoms with Crippen molar-refractivity contribution in [1.82, 2.24) is 4.98 Å². The molecule has 3 N–H and O–H groups in total. The molecular weight excluding hydrogens is 254 g/mol. The van der Waals surface area contributed by atoms with Gasteiger partial charge in [0.2, 0.25) is 0 Å². The van der Waals surface area contributed by atoms with Crippen molar-refractivity contribution in [3.05, 3.63) is 47.7 Å². The molecule has 106 valence electrons. The van der Waals surface area contributed by atoms with E-state index in [1.165, 1.54) is 5.56 Å². The van der Waals surface area contributed by atoms with Gasteiger partial charge in [0, 0.05) is 11.8 Å². The van der Waals surface area contributed by atoms with E-state index < -0.39 is 0 Å². The van der Waals surface area contributed by atoms with E-state index >= 15 is 0 Å². The Morgan fingerprint density at radius 3 is 2.80 bits per heavy atom. The minimum absolute atomic E-state index is 0.370. The quantitative estimate of drug-likeness (QED) is 0.625. The molecule has 5 heteroatoms. The molecule has 5 nitrogen and oxygen atoms in total. The Balaban J connectivity index is 2.14. The summed E-state index contributed by atoms with van der Waals surface area (Å²) in [6, 6.07) is 9.69. The number of hydrazine groups is 1. The molecular formula is C15H19N3O2. The van der Waals surface area contributed by atoms with Crippen LogP contribution >= 0.6 is 0 Å². The smallest absolute Gasteiger partial charge is 0.161 e. The van der Waals surface area contributed by atoms with Crippen molar-refractivity contribution >= 4 is 5.82 Å². The first-order chi connectivity index (χ1) is 9.78. The predicted octanol–water partition coefficient (Wildman–Crippen LogP) is 2.52. The van der Waals surface area contributed by atoms with E-state index in [0.29, 0.717) is 18.2 Å². The van der Waals surface area contributed by atoms with Gasteiger partial charge < -0.3 is 14.9 Å². The van der Waals surface area contributed by atoms with E-state index in [1.807, 2.05) is 30.3 Å². The number of nitrogens with one attached hydrogen (secondary N) is 1. The van der Waals surface area contributed by atoms with Crippen molar-refractivity contribution in [2.24, 2.45) is 5.84 Å². The SMILES string of the molecule is CCc1ccc(OCc2cccnc2NN)c(OC)c1. The van der Waals surface area contributed by atoms with Crippen LogP contribution in [0.2, 0.25) is 0 Å². The molecule has 0 aliphatic rings. The van der Waals surface area contributed by atoms with Gasteiger partial charge in [-0.15, -0.1) is 0 Å². The van der Waals surface area contributed by atoms with Gasteiger partial charge in [-0.1, -0.05) is 19.1 Å². The number of nitrogens with zero attached hydrogens (tertiary/aromatic N) is 1. The van der Waals surface area contributed by atoms with Crippen molar-refractivity contribution in [3.8, 4) is 11.5 Å². The zero-order chi connectivity index (χ0) is 14.4. The van der Waals surface area contributed by atoms with Crippen LogP contribution < -0.4 is 20.7 Å². The van der Waals surface area contributed by atoms with Crippen molar-refractivity contribution < 1.29 is 9.47 Å². The summed E-state index contributed by atoms with van der Waals surface area (Å²) in [7, 11) is 1.64. The first-order valence-electron chi connectivity index (χ1n) is 6.48. The average molecular weight is 273 g/mol. The molecule has 2 aromatic rings. The maximum atomic E-state index is 5.80. The number of nitrogen functional groups attached to an aromatic ring is 1. The second-order valence-corrected chi connectivity index (χ2v) is 4.28. The molecule has 1 aromatic carbocycles. The Hall–Kier alpha value is -2.27. The van der Waals surface area contributed by atoms with Crippen molar-refractivity contribution in [2.75, 3.05) is 12.5 Å². The van der Waals surface area contributed by atoms with Crippen LogP contribution in [0.15, 0.2) is 36.5 Å². The Morgan fingerprint density at radius 2 is 2.10 bits per heavy atom. The zero-order valence-corrected chi connectivity index (χ0v) is 11.7. The number of aryl methyl sites for hydroxylation is 1. The van der Waals surface area contributed by atoms with Crippen LogP contribution in [0.25, 0.3) is 0 Å². The highest BCUT2D eigenvalue weighted by Crippen LogP contribution is 2.29. The number of anilines is 1. The maximum absolute atomic E-state index is 5.80. The van der Waals surface area contributed by atoms with Crippen LogP contribution in [0.3, 0.4) is 0 Å². The third-order valence-electron chi connectivity index (χ3n) is 3.05. The zero-order valence-electron chi connectivity index (χ0n) is 11.7. The van der Waals surface area contributed by atoms with Crippen LogP contribution in [0.1, 0.15) is 18.1 Å². The Labute approximate surface area is 118 Å². The van der Waals surface area contributed by atoms with Crippen molar-refractivity contribution in [1.29, 1.82) is 0 Å². The van der Waals surface area contributed by atoms with E-state index in [-0.39, 0.29) is 0 Å². The Bertz CT molecular complexity index is 573. The van der Waals surface area contributed by atoms with Crippen LogP contribution in [0.5, 0.6) is 11.5 Å². The molecule has 1 heterocycles. The third-order valence-corrected chi connectivity index (χ3v) is 3.05. The summed E-state index contributed by atoms with van der Waals surface area (Å²) in [6.07, 6.45) is 2.63. The highest BCUT2D eigenvalue weighted by molar-refractivity contribution is 5.45. The van der Waals surface area contributed by atoms with Crippen LogP contribution in [0.4, 0.5) is 5.82 Å². The lowest BCUT2D eigenvalue weighted by Gasteiger charge is -2.13. The number of nitrogens with two attached hydrogens (primary N) is 1. The second-order valence-electron chi connectivity index (χ2n) is 4.28. The number of rotatable bonds is 6. The molecule has 0 saturated heterocycles. The summed E-state index contributed by atoms with van der Waals surface area (Å²) < 4.78 is 11.1. The Kier molecular flexibility index (Phi) is 4.79. The minimum Gasteiger partial charge on any atom is -0.493 e. The van der Waals surface area contributed by atoms with Gasteiger partial charge in [-0.25, -0.2) is 10.8 Å². The van der Waals surface area contributed by atoms with Gasteiger partial charge in [0.05, 0.1) is 7.11 Å². The van der Waals surface area contributed by atoms with Gasteiger partial charge in [-0.2, -0.15) is 0 Å². The number of hydrogen-bond acceptors (Lipinski definition) is 5. The number of benzene rings is 1. The van der Waals surface area contributed by atoms with Crippen LogP contribution in [-0.2, 0) is 13.0 Å². The van der Waals surface area contributed by atoms with Gasteiger partial charge in [-0.05, 0) is 30.2 Å². The molecule has 2 rings (SSSR count). The first kappa shape index (κ1) is 14.1. The summed E-state index contributed by atoms with van der Waals surface area (Å²) in [5.41, 5.74) is 4.65. The molecule has 0 bridgehead atoms. The normalized spacial score (nSPS) is 10.2. The minimum atomic E-state index is 0.370. The van der Waals surface area contributed by atoms with Crippen LogP contribution in [0, 0.1) is 0 Å². The van der Waals surface area contributed by atoms with E-state index in [9.17, 15) is 0 Å². The molecule has 0 aliphatic heterocycles. The van der Waals surface area contributed by atoms with E-state index in [1.54, 1.807) is 13.3 Å². The number of pyridine rings is 1. The fourth-order valence-electron chi connectivity index (χ4n) is 1.89. The van der Waals surface area contributed by atoms with Gasteiger partial charge in [0.1, 0.15) is 12.4 Å². The number of methoxy groups -OCH3 is 1. The van der Waals surface area contributed by atoms with Gasteiger partial charge in [0.25, 0.3) is 0 Å². The van der Waals surface area contributed by atoms with Crippen LogP contribution in [-0.4, -0.2) is 12.1 Å². The molecule has 0 unspecified atom stereocenters. The summed E-state index contributed by atoms with van der Waals surface area (Å²) in [5, 5.41) is 0. The van der Waals surface area contributed by atoms with Gasteiger partial charge in [-0.3, -0.25) is 0 Å². The highest BCUT2D eigenvalue weighted by Gasteiger charge is 2.07. The topological polar surface area (TPSA) is 69.4 Å². The fourth-order valence-corrected chi connectivity index (χ4v) is 1.89. The molecule has 0 saturated carbocycles. The van der Waals surface area contributed by atoms with E-state index in [0.717, 1.165) is 17.7 Å². The summed E-state index contributed by atoms with van der Waals surface area (Å²) >= 11 is 0. The molecule has 0 amide bonds. The second kappa shape index (κ2) is 6.77. The highest BCUT2D eigenvalue weighted by atomic mass is 16.5. The van der Waals surface area contributed by atoms with Gasteiger partial charge in [0.15, 0.2) is 11.5 Å². The third kappa shape index (κ3) is 3.19. The molecule has 0 spiro atoms. The summed E-state index contributed by atoms with van der Waals surface area (Å²) in [5.74, 6) is 7.47. The summed E-state index contributed by atoms with van der Waals surface area (Å²) in [6.45, 7) is 2.47. The lowest BCUT2D eigenvalue weighted by Crippen LogP contribution is -2.12.